The molecule has 0 unspecified atom stereocenters. The van der Waals surface area contributed by atoms with Crippen LogP contribution in [0.3, 0.4) is 0 Å². The topological polar surface area (TPSA) is 46.9 Å². The minimum atomic E-state index is -0.116. The molecule has 0 aliphatic carbocycles. The van der Waals surface area contributed by atoms with Gasteiger partial charge in [-0.1, -0.05) is 36.4 Å². The van der Waals surface area contributed by atoms with Gasteiger partial charge in [-0.25, -0.2) is 0 Å². The Morgan fingerprint density at radius 1 is 1.10 bits per heavy atom. The Morgan fingerprint density at radius 2 is 1.81 bits per heavy atom. The van der Waals surface area contributed by atoms with Crippen LogP contribution in [0.15, 0.2) is 42.5 Å². The molecule has 4 heteroatoms. The number of benzene rings is 2. The molecule has 4 nitrogen and oxygen atoms in total. The average molecular weight is 279 g/mol. The standard InChI is InChI=1S/C17H17N3O/c1-11-16(12(2)20(3)19-11)17(21)18-15-10-6-8-13-7-4-5-9-14(13)15/h4-10H,1-3H3,(H,18,21). The molecule has 0 saturated heterocycles. The normalized spacial score (nSPS) is 10.8. The van der Waals surface area contributed by atoms with Crippen LogP contribution in [0.2, 0.25) is 0 Å². The lowest BCUT2D eigenvalue weighted by Crippen LogP contribution is -2.14. The van der Waals surface area contributed by atoms with Gasteiger partial charge in [0.1, 0.15) is 0 Å². The maximum atomic E-state index is 12.5. The molecule has 0 aliphatic heterocycles. The zero-order chi connectivity index (χ0) is 15.0. The van der Waals surface area contributed by atoms with Gasteiger partial charge in [-0.15, -0.1) is 0 Å². The minimum Gasteiger partial charge on any atom is -0.321 e. The van der Waals surface area contributed by atoms with Gasteiger partial charge < -0.3 is 5.32 Å². The maximum Gasteiger partial charge on any atom is 0.259 e. The average Bonchev–Trinajstić information content (AvgIpc) is 2.72. The number of rotatable bonds is 2. The van der Waals surface area contributed by atoms with E-state index in [9.17, 15) is 4.79 Å². The van der Waals surface area contributed by atoms with E-state index in [1.165, 1.54) is 0 Å². The van der Waals surface area contributed by atoms with E-state index in [4.69, 9.17) is 0 Å². The summed E-state index contributed by atoms with van der Waals surface area (Å²) in [6, 6.07) is 13.9. The number of carbonyl (C=O) groups excluding carboxylic acids is 1. The summed E-state index contributed by atoms with van der Waals surface area (Å²) in [5, 5.41) is 9.44. The van der Waals surface area contributed by atoms with Crippen molar-refractivity contribution < 1.29 is 4.79 Å². The molecule has 2 aromatic carbocycles. The number of nitrogens with one attached hydrogen (secondary N) is 1. The second kappa shape index (κ2) is 5.05. The van der Waals surface area contributed by atoms with Crippen molar-refractivity contribution in [2.75, 3.05) is 5.32 Å². The largest absolute Gasteiger partial charge is 0.321 e. The highest BCUT2D eigenvalue weighted by Gasteiger charge is 2.17. The molecule has 0 bridgehead atoms. The van der Waals surface area contributed by atoms with Crippen LogP contribution in [0, 0.1) is 13.8 Å². The summed E-state index contributed by atoms with van der Waals surface area (Å²) in [6.45, 7) is 3.75. The van der Waals surface area contributed by atoms with E-state index in [2.05, 4.69) is 10.4 Å². The summed E-state index contributed by atoms with van der Waals surface area (Å²) in [4.78, 5) is 12.5. The Hall–Kier alpha value is -2.62. The van der Waals surface area contributed by atoms with Crippen LogP contribution in [0.4, 0.5) is 5.69 Å². The lowest BCUT2D eigenvalue weighted by atomic mass is 10.1. The number of hydrogen-bond acceptors (Lipinski definition) is 2. The lowest BCUT2D eigenvalue weighted by molar-refractivity contribution is 0.102. The molecule has 1 heterocycles. The number of hydrogen-bond donors (Lipinski definition) is 1. The number of anilines is 1. The van der Waals surface area contributed by atoms with Crippen LogP contribution < -0.4 is 5.32 Å². The predicted octanol–water partition coefficient (Wildman–Crippen LogP) is 3.44. The molecule has 0 atom stereocenters. The van der Waals surface area contributed by atoms with Crippen molar-refractivity contribution in [3.05, 3.63) is 59.4 Å². The highest BCUT2D eigenvalue weighted by Crippen LogP contribution is 2.24. The van der Waals surface area contributed by atoms with Crippen LogP contribution in [0.5, 0.6) is 0 Å². The van der Waals surface area contributed by atoms with Gasteiger partial charge in [0.2, 0.25) is 0 Å². The fourth-order valence-corrected chi connectivity index (χ4v) is 2.62. The van der Waals surface area contributed by atoms with Crippen LogP contribution in [-0.4, -0.2) is 15.7 Å². The number of aryl methyl sites for hydroxylation is 2. The van der Waals surface area contributed by atoms with Crippen molar-refractivity contribution in [2.24, 2.45) is 7.05 Å². The van der Waals surface area contributed by atoms with Crippen LogP contribution >= 0.6 is 0 Å². The number of nitrogens with zero attached hydrogens (tertiary/aromatic N) is 2. The number of amides is 1. The monoisotopic (exact) mass is 279 g/mol. The first kappa shape index (κ1) is 13.4. The van der Waals surface area contributed by atoms with E-state index < -0.39 is 0 Å². The number of fused-ring (bicyclic) bond motifs is 1. The lowest BCUT2D eigenvalue weighted by Gasteiger charge is -2.09. The third kappa shape index (κ3) is 2.29. The molecular weight excluding hydrogens is 262 g/mol. The summed E-state index contributed by atoms with van der Waals surface area (Å²) < 4.78 is 1.73. The van der Waals surface area contributed by atoms with E-state index in [1.54, 1.807) is 4.68 Å². The summed E-state index contributed by atoms with van der Waals surface area (Å²) in [7, 11) is 1.84. The molecule has 0 fully saturated rings. The second-order valence-electron chi connectivity index (χ2n) is 5.15. The molecule has 0 radical (unpaired) electrons. The molecule has 0 saturated carbocycles. The van der Waals surface area contributed by atoms with Crippen molar-refractivity contribution in [3.63, 3.8) is 0 Å². The first-order chi connectivity index (χ1) is 10.1. The molecule has 1 amide bonds. The van der Waals surface area contributed by atoms with E-state index >= 15 is 0 Å². The Bertz CT molecular complexity index is 828. The molecule has 21 heavy (non-hydrogen) atoms. The van der Waals surface area contributed by atoms with E-state index in [1.807, 2.05) is 63.4 Å². The summed E-state index contributed by atoms with van der Waals surface area (Å²) in [6.07, 6.45) is 0. The van der Waals surface area contributed by atoms with Crippen LogP contribution in [0.1, 0.15) is 21.7 Å². The highest BCUT2D eigenvalue weighted by atomic mass is 16.1. The van der Waals surface area contributed by atoms with Crippen LogP contribution in [0.25, 0.3) is 10.8 Å². The van der Waals surface area contributed by atoms with Crippen LogP contribution in [-0.2, 0) is 7.05 Å². The third-order valence-corrected chi connectivity index (χ3v) is 3.77. The predicted molar refractivity (Wildman–Crippen MR) is 84.6 cm³/mol. The second-order valence-corrected chi connectivity index (χ2v) is 5.15. The number of carbonyl (C=O) groups is 1. The van der Waals surface area contributed by atoms with E-state index in [0.717, 1.165) is 27.8 Å². The van der Waals surface area contributed by atoms with Crippen molar-refractivity contribution >= 4 is 22.4 Å². The van der Waals surface area contributed by atoms with Crippen molar-refractivity contribution in [1.29, 1.82) is 0 Å². The summed E-state index contributed by atoms with van der Waals surface area (Å²) in [5.74, 6) is -0.116. The summed E-state index contributed by atoms with van der Waals surface area (Å²) in [5.41, 5.74) is 3.07. The zero-order valence-corrected chi connectivity index (χ0v) is 12.3. The first-order valence-electron chi connectivity index (χ1n) is 6.87. The number of aromatic nitrogens is 2. The molecule has 1 N–H and O–H groups in total. The Morgan fingerprint density at radius 3 is 2.52 bits per heavy atom. The highest BCUT2D eigenvalue weighted by molar-refractivity contribution is 6.10. The molecule has 0 spiro atoms. The van der Waals surface area contributed by atoms with Crippen molar-refractivity contribution in [1.82, 2.24) is 9.78 Å². The summed E-state index contributed by atoms with van der Waals surface area (Å²) >= 11 is 0. The fraction of sp³-hybridized carbons (Fsp3) is 0.176. The van der Waals surface area contributed by atoms with Gasteiger partial charge in [-0.3, -0.25) is 9.48 Å². The smallest absolute Gasteiger partial charge is 0.259 e. The zero-order valence-electron chi connectivity index (χ0n) is 12.3. The van der Waals surface area contributed by atoms with Gasteiger partial charge in [0, 0.05) is 23.8 Å². The van der Waals surface area contributed by atoms with Gasteiger partial charge >= 0.3 is 0 Å². The van der Waals surface area contributed by atoms with E-state index in [-0.39, 0.29) is 5.91 Å². The maximum absolute atomic E-state index is 12.5. The van der Waals surface area contributed by atoms with Gasteiger partial charge in [0.15, 0.2) is 0 Å². The van der Waals surface area contributed by atoms with E-state index in [0.29, 0.717) is 5.56 Å². The molecule has 3 rings (SSSR count). The first-order valence-corrected chi connectivity index (χ1v) is 6.87. The fourth-order valence-electron chi connectivity index (χ4n) is 2.62. The Labute approximate surface area is 123 Å². The molecule has 0 aliphatic rings. The molecule has 106 valence electrons. The Balaban J connectivity index is 2.01. The SMILES string of the molecule is Cc1nn(C)c(C)c1C(=O)Nc1cccc2ccccc12. The Kier molecular flexibility index (Phi) is 3.22. The minimum absolute atomic E-state index is 0.116. The quantitative estimate of drug-likeness (QED) is 0.781. The van der Waals surface area contributed by atoms with Crippen molar-refractivity contribution in [2.45, 2.75) is 13.8 Å². The van der Waals surface area contributed by atoms with Gasteiger partial charge in [-0.05, 0) is 25.3 Å². The van der Waals surface area contributed by atoms with Gasteiger partial charge in [-0.2, -0.15) is 5.10 Å². The third-order valence-electron chi connectivity index (χ3n) is 3.77. The molecular formula is C17H17N3O. The van der Waals surface area contributed by atoms with Crippen molar-refractivity contribution in [3.8, 4) is 0 Å². The molecule has 1 aromatic heterocycles. The van der Waals surface area contributed by atoms with Gasteiger partial charge in [0.25, 0.3) is 5.91 Å². The van der Waals surface area contributed by atoms with Gasteiger partial charge in [0.05, 0.1) is 11.3 Å². The molecule has 3 aromatic rings.